The summed E-state index contributed by atoms with van der Waals surface area (Å²) in [4.78, 5) is 24.1. The second-order valence-corrected chi connectivity index (χ2v) is 11.8. The molecule has 0 bridgehead atoms. The number of carboxylic acids is 1. The van der Waals surface area contributed by atoms with Crippen LogP contribution in [0.3, 0.4) is 0 Å². The van der Waals surface area contributed by atoms with E-state index in [9.17, 15) is 9.90 Å². The summed E-state index contributed by atoms with van der Waals surface area (Å²) >= 11 is 0. The van der Waals surface area contributed by atoms with Gasteiger partial charge >= 0.3 is 5.97 Å². The minimum absolute atomic E-state index is 0.250. The molecule has 7 heteroatoms. The normalized spacial score (nSPS) is 17.5. The van der Waals surface area contributed by atoms with Gasteiger partial charge in [0, 0.05) is 36.1 Å². The molecule has 0 amide bonds. The predicted octanol–water partition coefficient (Wildman–Crippen LogP) is 6.44. The zero-order valence-corrected chi connectivity index (χ0v) is 23.2. The molecule has 1 fully saturated rings. The highest BCUT2D eigenvalue weighted by atomic mass is 16.5. The van der Waals surface area contributed by atoms with E-state index in [2.05, 4.69) is 37.6 Å². The van der Waals surface area contributed by atoms with Gasteiger partial charge in [-0.25, -0.2) is 4.79 Å². The predicted molar refractivity (Wildman–Crippen MR) is 144 cm³/mol. The Balaban J connectivity index is 2.10. The quantitative estimate of drug-likeness (QED) is 0.426. The standard InChI is InChI=1S/C29H43N3O4/c1-9-19(2)18-35-21-10-11-23(31-16-21)22-17-30-20(3)24(26(27(33)34)36-28(4,5)6)25(22)32-14-12-29(7,8)13-15-32/h10-11,16-17,19,26H,9,12-15,18H2,1-8H3,(H,33,34). The van der Waals surface area contributed by atoms with E-state index in [1.165, 1.54) is 0 Å². The van der Waals surface area contributed by atoms with Crippen LogP contribution in [0.1, 0.15) is 85.1 Å². The molecular formula is C29H43N3O4. The van der Waals surface area contributed by atoms with Crippen LogP contribution in [-0.4, -0.2) is 46.3 Å². The number of aromatic nitrogens is 2. The summed E-state index contributed by atoms with van der Waals surface area (Å²) in [7, 11) is 0. The van der Waals surface area contributed by atoms with Gasteiger partial charge in [-0.2, -0.15) is 0 Å². The van der Waals surface area contributed by atoms with Gasteiger partial charge in [-0.3, -0.25) is 9.97 Å². The van der Waals surface area contributed by atoms with Crippen LogP contribution in [0, 0.1) is 18.3 Å². The third-order valence-corrected chi connectivity index (χ3v) is 6.92. The van der Waals surface area contributed by atoms with E-state index in [-0.39, 0.29) is 5.41 Å². The summed E-state index contributed by atoms with van der Waals surface area (Å²) in [5.74, 6) is 0.173. The Hall–Kier alpha value is -2.67. The highest BCUT2D eigenvalue weighted by Gasteiger charge is 2.36. The summed E-state index contributed by atoms with van der Waals surface area (Å²) in [6, 6.07) is 3.85. The number of hydrogen-bond donors (Lipinski definition) is 1. The molecule has 2 aromatic heterocycles. The fourth-order valence-corrected chi connectivity index (χ4v) is 4.35. The first-order chi connectivity index (χ1) is 16.8. The SMILES string of the molecule is CCC(C)COc1ccc(-c2cnc(C)c(C(OC(C)(C)C)C(=O)O)c2N2CCC(C)(C)CC2)nc1. The van der Waals surface area contributed by atoms with Crippen LogP contribution in [-0.2, 0) is 9.53 Å². The summed E-state index contributed by atoms with van der Waals surface area (Å²) in [5.41, 5.74) is 3.28. The first kappa shape index (κ1) is 27.9. The minimum atomic E-state index is -1.14. The van der Waals surface area contributed by atoms with Crippen LogP contribution in [0.25, 0.3) is 11.3 Å². The average Bonchev–Trinajstić information content (AvgIpc) is 2.81. The molecule has 198 valence electrons. The highest BCUT2D eigenvalue weighted by molar-refractivity contribution is 5.85. The fourth-order valence-electron chi connectivity index (χ4n) is 4.35. The maximum absolute atomic E-state index is 12.5. The van der Waals surface area contributed by atoms with Gasteiger partial charge in [0.2, 0.25) is 0 Å². The lowest BCUT2D eigenvalue weighted by Gasteiger charge is -2.40. The summed E-state index contributed by atoms with van der Waals surface area (Å²) in [5, 5.41) is 10.2. The number of aliphatic carboxylic acids is 1. The Morgan fingerprint density at radius 2 is 1.83 bits per heavy atom. The third kappa shape index (κ3) is 6.96. The van der Waals surface area contributed by atoms with Crippen LogP contribution in [0.15, 0.2) is 24.5 Å². The van der Waals surface area contributed by atoms with E-state index in [1.54, 1.807) is 6.20 Å². The van der Waals surface area contributed by atoms with Gasteiger partial charge in [-0.15, -0.1) is 0 Å². The van der Waals surface area contributed by atoms with Crippen LogP contribution >= 0.6 is 0 Å². The van der Waals surface area contributed by atoms with Crippen molar-refractivity contribution in [1.29, 1.82) is 0 Å². The third-order valence-electron chi connectivity index (χ3n) is 6.92. The number of hydrogen-bond acceptors (Lipinski definition) is 6. The number of piperidine rings is 1. The Labute approximate surface area is 216 Å². The van der Waals surface area contributed by atoms with Gasteiger partial charge in [-0.05, 0) is 64.0 Å². The van der Waals surface area contributed by atoms with Crippen molar-refractivity contribution in [3.05, 3.63) is 35.8 Å². The molecule has 7 nitrogen and oxygen atoms in total. The lowest BCUT2D eigenvalue weighted by atomic mass is 9.82. The second kappa shape index (κ2) is 11.2. The van der Waals surface area contributed by atoms with Crippen molar-refractivity contribution in [1.82, 2.24) is 9.97 Å². The number of carboxylic acid groups (broad SMARTS) is 1. The molecule has 0 radical (unpaired) electrons. The molecule has 2 unspecified atom stereocenters. The molecule has 3 rings (SSSR count). The number of aryl methyl sites for hydroxylation is 1. The van der Waals surface area contributed by atoms with Gasteiger partial charge in [0.1, 0.15) is 5.75 Å². The molecule has 0 spiro atoms. The van der Waals surface area contributed by atoms with E-state index in [0.29, 0.717) is 23.8 Å². The number of anilines is 1. The molecule has 1 saturated heterocycles. The lowest BCUT2D eigenvalue weighted by Crippen LogP contribution is -2.39. The van der Waals surface area contributed by atoms with E-state index < -0.39 is 17.7 Å². The van der Waals surface area contributed by atoms with Crippen molar-refractivity contribution in [2.24, 2.45) is 11.3 Å². The highest BCUT2D eigenvalue weighted by Crippen LogP contribution is 2.43. The van der Waals surface area contributed by atoms with Crippen LogP contribution < -0.4 is 9.64 Å². The molecule has 0 saturated carbocycles. The molecular weight excluding hydrogens is 454 g/mol. The minimum Gasteiger partial charge on any atom is -0.492 e. The molecule has 36 heavy (non-hydrogen) atoms. The summed E-state index contributed by atoms with van der Waals surface area (Å²) in [6.07, 6.45) is 5.50. The smallest absolute Gasteiger partial charge is 0.337 e. The van der Waals surface area contributed by atoms with Crippen LogP contribution in [0.5, 0.6) is 5.75 Å². The zero-order valence-electron chi connectivity index (χ0n) is 23.2. The van der Waals surface area contributed by atoms with Crippen molar-refractivity contribution in [3.63, 3.8) is 0 Å². The lowest BCUT2D eigenvalue weighted by molar-refractivity contribution is -0.160. The Kier molecular flexibility index (Phi) is 8.65. The van der Waals surface area contributed by atoms with Crippen molar-refractivity contribution < 1.29 is 19.4 Å². The van der Waals surface area contributed by atoms with E-state index in [0.717, 1.165) is 55.0 Å². The largest absolute Gasteiger partial charge is 0.492 e. The van der Waals surface area contributed by atoms with Gasteiger partial charge in [0.05, 0.1) is 29.8 Å². The van der Waals surface area contributed by atoms with Gasteiger partial charge in [0.25, 0.3) is 0 Å². The molecule has 0 aliphatic carbocycles. The van der Waals surface area contributed by atoms with Crippen LogP contribution in [0.2, 0.25) is 0 Å². The number of pyridine rings is 2. The van der Waals surface area contributed by atoms with Crippen molar-refractivity contribution in [3.8, 4) is 17.0 Å². The van der Waals surface area contributed by atoms with Gasteiger partial charge < -0.3 is 19.5 Å². The summed E-state index contributed by atoms with van der Waals surface area (Å²) in [6.45, 7) is 18.7. The molecule has 1 aliphatic heterocycles. The van der Waals surface area contributed by atoms with Crippen molar-refractivity contribution in [2.45, 2.75) is 86.4 Å². The number of ether oxygens (including phenoxy) is 2. The maximum Gasteiger partial charge on any atom is 0.337 e. The van der Waals surface area contributed by atoms with Gasteiger partial charge in [0.15, 0.2) is 6.10 Å². The second-order valence-electron chi connectivity index (χ2n) is 11.8. The van der Waals surface area contributed by atoms with Crippen LogP contribution in [0.4, 0.5) is 5.69 Å². The number of carbonyl (C=O) groups is 1. The molecule has 2 atom stereocenters. The van der Waals surface area contributed by atoms with E-state index in [4.69, 9.17) is 14.5 Å². The molecule has 0 aromatic carbocycles. The number of nitrogens with zero attached hydrogens (tertiary/aromatic N) is 3. The van der Waals surface area contributed by atoms with Gasteiger partial charge in [-0.1, -0.05) is 34.1 Å². The molecule has 1 N–H and O–H groups in total. The Morgan fingerprint density at radius 3 is 2.36 bits per heavy atom. The van der Waals surface area contributed by atoms with Crippen molar-refractivity contribution in [2.75, 3.05) is 24.6 Å². The Bertz CT molecular complexity index is 1030. The maximum atomic E-state index is 12.5. The van der Waals surface area contributed by atoms with E-state index in [1.807, 2.05) is 46.0 Å². The van der Waals surface area contributed by atoms with Crippen molar-refractivity contribution >= 4 is 11.7 Å². The topological polar surface area (TPSA) is 84.8 Å². The number of rotatable bonds is 9. The molecule has 3 heterocycles. The molecule has 1 aliphatic rings. The molecule has 2 aromatic rings. The first-order valence-electron chi connectivity index (χ1n) is 13.1. The fraction of sp³-hybridized carbons (Fsp3) is 0.621. The summed E-state index contributed by atoms with van der Waals surface area (Å²) < 4.78 is 12.0. The Morgan fingerprint density at radius 1 is 1.17 bits per heavy atom. The zero-order chi connectivity index (χ0) is 26.7. The average molecular weight is 498 g/mol. The monoisotopic (exact) mass is 497 g/mol. The van der Waals surface area contributed by atoms with E-state index >= 15 is 0 Å². The first-order valence-corrected chi connectivity index (χ1v) is 13.1.